The molecule has 2 aliphatic rings. The highest BCUT2D eigenvalue weighted by Crippen LogP contribution is 2.37. The predicted molar refractivity (Wildman–Crippen MR) is 147 cm³/mol. The number of imidazole rings is 1. The van der Waals surface area contributed by atoms with E-state index in [1.165, 1.54) is 12.8 Å². The lowest BCUT2D eigenvalue weighted by atomic mass is 9.83. The third-order valence-electron chi connectivity index (χ3n) is 8.00. The molecule has 4 aromatic rings. The van der Waals surface area contributed by atoms with Gasteiger partial charge < -0.3 is 14.4 Å². The molecule has 39 heavy (non-hydrogen) atoms. The average Bonchev–Trinajstić information content (AvgIpc) is 3.50. The van der Waals surface area contributed by atoms with Crippen LogP contribution < -0.4 is 10.7 Å². The second-order valence-corrected chi connectivity index (χ2v) is 11.4. The van der Waals surface area contributed by atoms with Gasteiger partial charge in [-0.15, -0.1) is 0 Å². The SMILES string of the molecule is CC1CCC(Cn2c(N3CC(=O)N(C)CC3C)nc3cc(-c4noc(=O)[nH]4)nc(-c4cncc(Cl)c4)c32)CC1. The number of H-pyrrole nitrogens is 1. The van der Waals surface area contributed by atoms with E-state index in [2.05, 4.69) is 38.4 Å². The molecule has 2 fully saturated rings. The van der Waals surface area contributed by atoms with Crippen molar-refractivity contribution >= 4 is 34.5 Å². The minimum atomic E-state index is -0.666. The third kappa shape index (κ3) is 4.91. The molecule has 1 aliphatic heterocycles. The Labute approximate surface area is 230 Å². The van der Waals surface area contributed by atoms with Crippen LogP contribution in [0.2, 0.25) is 5.02 Å². The number of hydrogen-bond acceptors (Lipinski definition) is 8. The van der Waals surface area contributed by atoms with Gasteiger partial charge in [0.2, 0.25) is 17.7 Å². The Hall–Kier alpha value is -3.73. The summed E-state index contributed by atoms with van der Waals surface area (Å²) in [4.78, 5) is 45.3. The Bertz CT molecular complexity index is 1590. The number of nitrogens with zero attached hydrogens (tertiary/aromatic N) is 7. The number of carbonyl (C=O) groups excluding carboxylic acids is 1. The van der Waals surface area contributed by atoms with Gasteiger partial charge in [-0.05, 0) is 43.7 Å². The Morgan fingerprint density at radius 1 is 1.10 bits per heavy atom. The number of amides is 1. The molecule has 1 saturated heterocycles. The van der Waals surface area contributed by atoms with E-state index in [1.54, 1.807) is 23.4 Å². The molecule has 0 bridgehead atoms. The molecule has 0 aromatic carbocycles. The van der Waals surface area contributed by atoms with Crippen molar-refractivity contribution in [2.75, 3.05) is 25.0 Å². The van der Waals surface area contributed by atoms with Gasteiger partial charge in [0.25, 0.3) is 0 Å². The number of pyridine rings is 2. The molecular formula is C27H31ClN8O3. The first-order chi connectivity index (χ1) is 18.8. The minimum Gasteiger partial charge on any atom is -0.342 e. The topological polar surface area (TPSA) is 126 Å². The number of hydrogen-bond donors (Lipinski definition) is 1. The van der Waals surface area contributed by atoms with Crippen LogP contribution in [0.1, 0.15) is 39.5 Å². The Morgan fingerprint density at radius 2 is 1.90 bits per heavy atom. The number of carbonyl (C=O) groups is 1. The molecule has 1 amide bonds. The zero-order valence-corrected chi connectivity index (χ0v) is 23.0. The largest absolute Gasteiger partial charge is 0.439 e. The molecule has 1 unspecified atom stereocenters. The van der Waals surface area contributed by atoms with Crippen molar-refractivity contribution < 1.29 is 9.32 Å². The Morgan fingerprint density at radius 3 is 2.62 bits per heavy atom. The lowest BCUT2D eigenvalue weighted by Crippen LogP contribution is -2.54. The van der Waals surface area contributed by atoms with Crippen molar-refractivity contribution in [3.05, 3.63) is 40.1 Å². The van der Waals surface area contributed by atoms with Gasteiger partial charge in [-0.2, -0.15) is 0 Å². The van der Waals surface area contributed by atoms with Gasteiger partial charge in [-0.25, -0.2) is 14.8 Å². The number of halogens is 1. The lowest BCUT2D eigenvalue weighted by Gasteiger charge is -2.39. The van der Waals surface area contributed by atoms with Crippen LogP contribution in [0.4, 0.5) is 5.95 Å². The highest BCUT2D eigenvalue weighted by atomic mass is 35.5. The first-order valence-electron chi connectivity index (χ1n) is 13.4. The Kier molecular flexibility index (Phi) is 6.62. The van der Waals surface area contributed by atoms with Crippen molar-refractivity contribution in [3.8, 4) is 22.8 Å². The normalized spacial score (nSPS) is 22.2. The number of nitrogens with one attached hydrogen (secondary N) is 1. The monoisotopic (exact) mass is 550 g/mol. The fourth-order valence-electron chi connectivity index (χ4n) is 5.80. The number of piperazine rings is 1. The molecular weight excluding hydrogens is 520 g/mol. The summed E-state index contributed by atoms with van der Waals surface area (Å²) in [7, 11) is 1.83. The molecule has 1 saturated carbocycles. The van der Waals surface area contributed by atoms with E-state index in [0.29, 0.717) is 40.0 Å². The third-order valence-corrected chi connectivity index (χ3v) is 8.21. The number of fused-ring (bicyclic) bond motifs is 1. The summed E-state index contributed by atoms with van der Waals surface area (Å²) >= 11 is 6.35. The van der Waals surface area contributed by atoms with Gasteiger partial charge in [0.1, 0.15) is 12.2 Å². The highest BCUT2D eigenvalue weighted by Gasteiger charge is 2.33. The molecule has 4 aromatic heterocycles. The molecule has 204 valence electrons. The number of anilines is 1. The van der Waals surface area contributed by atoms with Crippen molar-refractivity contribution in [1.82, 2.24) is 34.6 Å². The van der Waals surface area contributed by atoms with Gasteiger partial charge in [-0.3, -0.25) is 19.3 Å². The predicted octanol–water partition coefficient (Wildman–Crippen LogP) is 3.98. The van der Waals surface area contributed by atoms with Crippen LogP contribution in [-0.4, -0.2) is 66.6 Å². The van der Waals surface area contributed by atoms with E-state index >= 15 is 0 Å². The summed E-state index contributed by atoms with van der Waals surface area (Å²) < 4.78 is 6.98. The van der Waals surface area contributed by atoms with Gasteiger partial charge in [0.05, 0.1) is 21.7 Å². The van der Waals surface area contributed by atoms with E-state index in [1.807, 2.05) is 13.1 Å². The second kappa shape index (κ2) is 10.1. The zero-order chi connectivity index (χ0) is 27.3. The number of likely N-dealkylation sites (N-methyl/N-ethyl adjacent to an activating group) is 1. The van der Waals surface area contributed by atoms with E-state index in [-0.39, 0.29) is 24.3 Å². The first-order valence-corrected chi connectivity index (χ1v) is 13.7. The zero-order valence-electron chi connectivity index (χ0n) is 22.2. The molecule has 5 heterocycles. The quantitative estimate of drug-likeness (QED) is 0.395. The van der Waals surface area contributed by atoms with Gasteiger partial charge in [-0.1, -0.05) is 36.5 Å². The summed E-state index contributed by atoms with van der Waals surface area (Å²) in [6.07, 6.45) is 7.95. The van der Waals surface area contributed by atoms with Crippen molar-refractivity contribution in [1.29, 1.82) is 0 Å². The molecule has 0 spiro atoms. The summed E-state index contributed by atoms with van der Waals surface area (Å²) in [5, 5.41) is 4.33. The van der Waals surface area contributed by atoms with E-state index in [9.17, 15) is 9.59 Å². The number of aromatic amines is 1. The smallest absolute Gasteiger partial charge is 0.342 e. The second-order valence-electron chi connectivity index (χ2n) is 11.0. The maximum atomic E-state index is 12.8. The van der Waals surface area contributed by atoms with Crippen molar-refractivity contribution in [2.45, 2.75) is 52.1 Å². The summed E-state index contributed by atoms with van der Waals surface area (Å²) in [6, 6.07) is 3.69. The van der Waals surface area contributed by atoms with E-state index in [4.69, 9.17) is 26.1 Å². The fourth-order valence-corrected chi connectivity index (χ4v) is 5.97. The van der Waals surface area contributed by atoms with Crippen LogP contribution in [0, 0.1) is 11.8 Å². The summed E-state index contributed by atoms with van der Waals surface area (Å²) in [5.74, 6) is 1.54. The highest BCUT2D eigenvalue weighted by molar-refractivity contribution is 6.30. The molecule has 0 radical (unpaired) electrons. The Balaban J connectivity index is 1.58. The van der Waals surface area contributed by atoms with Crippen molar-refractivity contribution in [3.63, 3.8) is 0 Å². The van der Waals surface area contributed by atoms with Crippen LogP contribution in [0.25, 0.3) is 33.8 Å². The number of rotatable bonds is 5. The summed E-state index contributed by atoms with van der Waals surface area (Å²) in [5.41, 5.74) is 3.26. The fraction of sp³-hybridized carbons (Fsp3) is 0.481. The van der Waals surface area contributed by atoms with Crippen LogP contribution in [0.3, 0.4) is 0 Å². The van der Waals surface area contributed by atoms with Crippen LogP contribution in [-0.2, 0) is 11.3 Å². The van der Waals surface area contributed by atoms with Gasteiger partial charge in [0.15, 0.2) is 0 Å². The van der Waals surface area contributed by atoms with Crippen LogP contribution in [0.15, 0.2) is 33.8 Å². The van der Waals surface area contributed by atoms with E-state index in [0.717, 1.165) is 36.8 Å². The maximum absolute atomic E-state index is 12.8. The molecule has 6 rings (SSSR count). The molecule has 12 heteroatoms. The average molecular weight is 551 g/mol. The molecule has 1 N–H and O–H groups in total. The number of aromatic nitrogens is 6. The maximum Gasteiger partial charge on any atom is 0.439 e. The lowest BCUT2D eigenvalue weighted by molar-refractivity contribution is -0.130. The standard InChI is InChI=1S/C27H31ClN8O3/c1-15-4-6-17(7-5-15)13-36-24-20(31-26(36)35-14-22(37)34(3)12-16(35)2)9-21(25-32-27(38)39-33-25)30-23(24)18-8-19(28)11-29-10-18/h8-11,15-17H,4-7,12-14H2,1-3H3,(H,32,33,38). The van der Waals surface area contributed by atoms with Gasteiger partial charge >= 0.3 is 5.76 Å². The summed E-state index contributed by atoms with van der Waals surface area (Å²) in [6.45, 7) is 6.04. The van der Waals surface area contributed by atoms with Crippen molar-refractivity contribution in [2.24, 2.45) is 11.8 Å². The molecule has 1 atom stereocenters. The molecule has 11 nitrogen and oxygen atoms in total. The van der Waals surface area contributed by atoms with Gasteiger partial charge in [0, 0.05) is 44.1 Å². The molecule has 1 aliphatic carbocycles. The van der Waals surface area contributed by atoms with E-state index < -0.39 is 5.76 Å². The van der Waals surface area contributed by atoms with Crippen LogP contribution >= 0.6 is 11.6 Å². The first kappa shape index (κ1) is 25.5. The van der Waals surface area contributed by atoms with Crippen LogP contribution in [0.5, 0.6) is 0 Å². The minimum absolute atomic E-state index is 0.0523.